The molecule has 9 nitrogen and oxygen atoms in total. The molecule has 3 aliphatic heterocycles. The topological polar surface area (TPSA) is 105 Å². The number of rotatable bonds is 5. The van der Waals surface area contributed by atoms with Gasteiger partial charge in [0.25, 0.3) is 5.91 Å². The molecule has 4 unspecified atom stereocenters. The van der Waals surface area contributed by atoms with E-state index in [0.29, 0.717) is 32.4 Å². The van der Waals surface area contributed by atoms with Crippen molar-refractivity contribution in [1.29, 1.82) is 0 Å². The SMILES string of the molecule is O=C(NC1CCN2C(=O)C3CC(OCc4ccc(F)cc4)CN3C(=O)C2C1)c1cnccn1. The van der Waals surface area contributed by atoms with Crippen LogP contribution in [0.5, 0.6) is 0 Å². The van der Waals surface area contributed by atoms with Crippen molar-refractivity contribution in [2.75, 3.05) is 13.1 Å². The molecule has 172 valence electrons. The predicted molar refractivity (Wildman–Crippen MR) is 113 cm³/mol. The summed E-state index contributed by atoms with van der Waals surface area (Å²) in [5, 5.41) is 2.91. The molecule has 3 saturated heterocycles. The van der Waals surface area contributed by atoms with Gasteiger partial charge in [0.15, 0.2) is 0 Å². The molecule has 0 bridgehead atoms. The smallest absolute Gasteiger partial charge is 0.271 e. The first kappa shape index (κ1) is 21.4. The Kier molecular flexibility index (Phi) is 5.76. The number of fused-ring (bicyclic) bond motifs is 2. The highest BCUT2D eigenvalue weighted by atomic mass is 19.1. The molecule has 10 heteroatoms. The zero-order chi connectivity index (χ0) is 22.9. The monoisotopic (exact) mass is 453 g/mol. The quantitative estimate of drug-likeness (QED) is 0.722. The number of halogens is 1. The lowest BCUT2D eigenvalue weighted by Gasteiger charge is -2.46. The molecule has 3 aliphatic rings. The molecule has 33 heavy (non-hydrogen) atoms. The van der Waals surface area contributed by atoms with Gasteiger partial charge in [0.05, 0.1) is 18.9 Å². The van der Waals surface area contributed by atoms with E-state index < -0.39 is 12.1 Å². The lowest BCUT2D eigenvalue weighted by atomic mass is 9.92. The van der Waals surface area contributed by atoms with Gasteiger partial charge in [-0.3, -0.25) is 19.4 Å². The van der Waals surface area contributed by atoms with Crippen LogP contribution in [0, 0.1) is 5.82 Å². The Morgan fingerprint density at radius 1 is 1.09 bits per heavy atom. The fourth-order valence-corrected chi connectivity index (χ4v) is 4.84. The van der Waals surface area contributed by atoms with E-state index >= 15 is 0 Å². The molecule has 5 rings (SSSR count). The molecule has 1 N–H and O–H groups in total. The number of piperidine rings is 1. The molecular weight excluding hydrogens is 429 g/mol. The highest BCUT2D eigenvalue weighted by Crippen LogP contribution is 2.33. The minimum atomic E-state index is -0.592. The summed E-state index contributed by atoms with van der Waals surface area (Å²) in [6.45, 7) is 1.04. The Balaban J connectivity index is 1.21. The molecule has 1 aromatic heterocycles. The molecule has 0 spiro atoms. The van der Waals surface area contributed by atoms with Crippen LogP contribution in [0.15, 0.2) is 42.9 Å². The molecule has 1 aromatic carbocycles. The average molecular weight is 453 g/mol. The number of hydrogen-bond acceptors (Lipinski definition) is 6. The molecule has 4 heterocycles. The normalized spacial score (nSPS) is 26.7. The minimum absolute atomic E-state index is 0.0637. The molecule has 0 aliphatic carbocycles. The predicted octanol–water partition coefficient (Wildman–Crippen LogP) is 0.905. The first-order valence-electron chi connectivity index (χ1n) is 11.0. The van der Waals surface area contributed by atoms with Crippen LogP contribution < -0.4 is 5.32 Å². The first-order valence-corrected chi connectivity index (χ1v) is 11.0. The second-order valence-electron chi connectivity index (χ2n) is 8.63. The molecule has 2 aromatic rings. The standard InChI is InChI=1S/C23H24FN5O4/c24-15-3-1-14(2-4-15)13-33-17-10-20-22(31)28-8-5-16(9-19(28)23(32)29(20)12-17)27-21(30)18-11-25-6-7-26-18/h1-4,6-7,11,16-17,19-20H,5,8-10,12-13H2,(H,27,30). The number of aromatic nitrogens is 2. The average Bonchev–Trinajstić information content (AvgIpc) is 3.28. The van der Waals surface area contributed by atoms with E-state index in [4.69, 9.17) is 4.74 Å². The molecular formula is C23H24FN5O4. The highest BCUT2D eigenvalue weighted by Gasteiger charge is 2.52. The van der Waals surface area contributed by atoms with Crippen LogP contribution in [0.4, 0.5) is 4.39 Å². The van der Waals surface area contributed by atoms with E-state index in [1.807, 2.05) is 0 Å². The third-order valence-corrected chi connectivity index (χ3v) is 6.53. The van der Waals surface area contributed by atoms with Crippen LogP contribution in [0.2, 0.25) is 0 Å². The maximum Gasteiger partial charge on any atom is 0.271 e. The van der Waals surface area contributed by atoms with E-state index in [-0.39, 0.29) is 48.0 Å². The zero-order valence-corrected chi connectivity index (χ0v) is 17.9. The van der Waals surface area contributed by atoms with Crippen molar-refractivity contribution in [3.05, 3.63) is 59.9 Å². The number of carbonyl (C=O) groups excluding carboxylic acids is 3. The van der Waals surface area contributed by atoms with E-state index in [1.165, 1.54) is 30.7 Å². The molecule has 0 radical (unpaired) electrons. The summed E-state index contributed by atoms with van der Waals surface area (Å²) < 4.78 is 19.0. The summed E-state index contributed by atoms with van der Waals surface area (Å²) in [6.07, 6.45) is 5.44. The number of hydrogen-bond donors (Lipinski definition) is 1. The number of carbonyl (C=O) groups is 3. The van der Waals surface area contributed by atoms with Crippen molar-refractivity contribution in [3.63, 3.8) is 0 Å². The Bertz CT molecular complexity index is 1050. The summed E-state index contributed by atoms with van der Waals surface area (Å²) >= 11 is 0. The Labute approximate surface area is 189 Å². The maximum absolute atomic E-state index is 13.2. The fraction of sp³-hybridized carbons (Fsp3) is 0.435. The van der Waals surface area contributed by atoms with E-state index in [9.17, 15) is 18.8 Å². The lowest BCUT2D eigenvalue weighted by molar-refractivity contribution is -0.161. The third-order valence-electron chi connectivity index (χ3n) is 6.53. The van der Waals surface area contributed by atoms with Crippen molar-refractivity contribution in [3.8, 4) is 0 Å². The first-order chi connectivity index (χ1) is 16.0. The van der Waals surface area contributed by atoms with Gasteiger partial charge < -0.3 is 19.9 Å². The van der Waals surface area contributed by atoms with Crippen LogP contribution in [0.25, 0.3) is 0 Å². The van der Waals surface area contributed by atoms with E-state index in [1.54, 1.807) is 21.9 Å². The fourth-order valence-electron chi connectivity index (χ4n) is 4.84. The summed E-state index contributed by atoms with van der Waals surface area (Å²) in [4.78, 5) is 50.0. The Morgan fingerprint density at radius 3 is 2.61 bits per heavy atom. The number of benzene rings is 1. The van der Waals surface area contributed by atoms with Gasteiger partial charge in [0, 0.05) is 37.9 Å². The van der Waals surface area contributed by atoms with E-state index in [2.05, 4.69) is 15.3 Å². The summed E-state index contributed by atoms with van der Waals surface area (Å²) in [6, 6.07) is 4.72. The van der Waals surface area contributed by atoms with Gasteiger partial charge in [-0.1, -0.05) is 12.1 Å². The van der Waals surface area contributed by atoms with Gasteiger partial charge in [-0.25, -0.2) is 9.37 Å². The molecule has 4 atom stereocenters. The van der Waals surface area contributed by atoms with Gasteiger partial charge in [0.1, 0.15) is 23.6 Å². The van der Waals surface area contributed by atoms with Gasteiger partial charge in [-0.15, -0.1) is 0 Å². The number of piperazine rings is 1. The summed E-state index contributed by atoms with van der Waals surface area (Å²) in [7, 11) is 0. The van der Waals surface area contributed by atoms with Gasteiger partial charge >= 0.3 is 0 Å². The maximum atomic E-state index is 13.2. The van der Waals surface area contributed by atoms with Gasteiger partial charge in [-0.2, -0.15) is 0 Å². The Hall–Kier alpha value is -3.40. The number of amides is 3. The summed E-state index contributed by atoms with van der Waals surface area (Å²) in [5.74, 6) is -0.822. The van der Waals surface area contributed by atoms with Crippen LogP contribution >= 0.6 is 0 Å². The third kappa shape index (κ3) is 4.30. The van der Waals surface area contributed by atoms with Crippen molar-refractivity contribution in [2.45, 2.75) is 50.1 Å². The molecule has 3 amide bonds. The summed E-state index contributed by atoms with van der Waals surface area (Å²) in [5.41, 5.74) is 1.05. The molecule has 3 fully saturated rings. The van der Waals surface area contributed by atoms with Gasteiger partial charge in [-0.05, 0) is 30.5 Å². The number of ether oxygens (including phenoxy) is 1. The second kappa shape index (κ2) is 8.86. The van der Waals surface area contributed by atoms with Crippen molar-refractivity contribution in [1.82, 2.24) is 25.1 Å². The van der Waals surface area contributed by atoms with Crippen LogP contribution in [0.3, 0.4) is 0 Å². The largest absolute Gasteiger partial charge is 0.372 e. The van der Waals surface area contributed by atoms with Crippen molar-refractivity contribution < 1.29 is 23.5 Å². The highest BCUT2D eigenvalue weighted by molar-refractivity contribution is 5.98. The van der Waals surface area contributed by atoms with Crippen LogP contribution in [-0.2, 0) is 20.9 Å². The number of nitrogens with zero attached hydrogens (tertiary/aromatic N) is 4. The van der Waals surface area contributed by atoms with Crippen LogP contribution in [-0.4, -0.2) is 74.8 Å². The minimum Gasteiger partial charge on any atom is -0.372 e. The van der Waals surface area contributed by atoms with Crippen LogP contribution in [0.1, 0.15) is 35.3 Å². The lowest BCUT2D eigenvalue weighted by Crippen LogP contribution is -2.66. The van der Waals surface area contributed by atoms with Gasteiger partial charge in [0.2, 0.25) is 11.8 Å². The Morgan fingerprint density at radius 2 is 1.85 bits per heavy atom. The van der Waals surface area contributed by atoms with Crippen molar-refractivity contribution in [2.24, 2.45) is 0 Å². The molecule has 0 saturated carbocycles. The van der Waals surface area contributed by atoms with E-state index in [0.717, 1.165) is 5.56 Å². The number of nitrogens with one attached hydrogen (secondary N) is 1. The van der Waals surface area contributed by atoms with Crippen molar-refractivity contribution >= 4 is 17.7 Å². The zero-order valence-electron chi connectivity index (χ0n) is 17.9. The second-order valence-corrected chi connectivity index (χ2v) is 8.63.